The highest BCUT2D eigenvalue weighted by Gasteiger charge is 2.32. The van der Waals surface area contributed by atoms with E-state index in [1.807, 2.05) is 51.1 Å². The molecule has 0 fully saturated rings. The number of carbonyl (C=O) groups excluding carboxylic acids is 2. The predicted molar refractivity (Wildman–Crippen MR) is 147 cm³/mol. The molecule has 0 aliphatic heterocycles. The van der Waals surface area contributed by atoms with Gasteiger partial charge in [0.05, 0.1) is 10.6 Å². The van der Waals surface area contributed by atoms with Crippen molar-refractivity contribution in [1.29, 1.82) is 0 Å². The van der Waals surface area contributed by atoms with Crippen molar-refractivity contribution in [3.8, 4) is 0 Å². The fraction of sp³-hybridized carbons (Fsp3) is 0.286. The minimum atomic E-state index is -4.13. The van der Waals surface area contributed by atoms with Gasteiger partial charge in [-0.2, -0.15) is 0 Å². The number of hydrogen-bond acceptors (Lipinski definition) is 4. The van der Waals surface area contributed by atoms with E-state index in [0.717, 1.165) is 26.6 Å². The fourth-order valence-electron chi connectivity index (χ4n) is 3.94. The zero-order valence-electron chi connectivity index (χ0n) is 21.7. The van der Waals surface area contributed by atoms with Crippen molar-refractivity contribution in [2.45, 2.75) is 45.2 Å². The zero-order chi connectivity index (χ0) is 27.3. The average molecular weight is 542 g/mol. The molecule has 0 saturated heterocycles. The normalized spacial score (nSPS) is 12.1. The molecule has 0 heterocycles. The minimum absolute atomic E-state index is 0.00696. The second-order valence-corrected chi connectivity index (χ2v) is 11.3. The second-order valence-electron chi connectivity index (χ2n) is 9.04. The molecule has 0 bridgehead atoms. The largest absolute Gasteiger partial charge is 0.357 e. The van der Waals surface area contributed by atoms with Gasteiger partial charge >= 0.3 is 0 Å². The molecular formula is C28H32ClN3O4S. The van der Waals surface area contributed by atoms with Crippen LogP contribution in [0.25, 0.3) is 0 Å². The Kier molecular flexibility index (Phi) is 8.99. The van der Waals surface area contributed by atoms with Crippen LogP contribution in [-0.4, -0.2) is 44.8 Å². The van der Waals surface area contributed by atoms with Gasteiger partial charge in [-0.1, -0.05) is 47.5 Å². The maximum Gasteiger partial charge on any atom is 0.264 e. The third-order valence-corrected chi connectivity index (χ3v) is 8.35. The molecule has 7 nitrogen and oxygen atoms in total. The Morgan fingerprint density at radius 2 is 1.62 bits per heavy atom. The Morgan fingerprint density at radius 1 is 0.946 bits per heavy atom. The molecule has 1 atom stereocenters. The zero-order valence-corrected chi connectivity index (χ0v) is 23.2. The fourth-order valence-corrected chi connectivity index (χ4v) is 5.47. The number of carbonyl (C=O) groups is 2. The van der Waals surface area contributed by atoms with E-state index in [-0.39, 0.29) is 17.3 Å². The van der Waals surface area contributed by atoms with E-state index in [4.69, 9.17) is 11.6 Å². The van der Waals surface area contributed by atoms with Crippen LogP contribution in [0.2, 0.25) is 5.02 Å². The Hall–Kier alpha value is -3.36. The average Bonchev–Trinajstić information content (AvgIpc) is 2.86. The highest BCUT2D eigenvalue weighted by atomic mass is 35.5. The third-order valence-electron chi connectivity index (χ3n) is 6.31. The first kappa shape index (κ1) is 28.2. The molecule has 37 heavy (non-hydrogen) atoms. The number of hydrogen-bond donors (Lipinski definition) is 1. The molecule has 0 aliphatic rings. The highest BCUT2D eigenvalue weighted by molar-refractivity contribution is 7.92. The van der Waals surface area contributed by atoms with Gasteiger partial charge in [0.2, 0.25) is 11.8 Å². The maximum absolute atomic E-state index is 13.8. The van der Waals surface area contributed by atoms with E-state index in [1.165, 1.54) is 36.2 Å². The number of rotatable bonds is 9. The van der Waals surface area contributed by atoms with Crippen LogP contribution in [0.1, 0.15) is 29.2 Å². The number of halogens is 1. The topological polar surface area (TPSA) is 86.8 Å². The molecule has 0 aromatic heterocycles. The summed E-state index contributed by atoms with van der Waals surface area (Å²) in [4.78, 5) is 27.7. The highest BCUT2D eigenvalue weighted by Crippen LogP contribution is 2.27. The SMILES string of the molecule is CNC(=O)[C@@H](C)N(Cc1cccc(C)c1)C(=O)CN(c1ccc(C)c(C)c1)S(=O)(=O)c1ccc(Cl)cc1. The van der Waals surface area contributed by atoms with E-state index in [0.29, 0.717) is 10.7 Å². The third kappa shape index (κ3) is 6.70. The molecule has 3 aromatic rings. The lowest BCUT2D eigenvalue weighted by Crippen LogP contribution is -2.50. The van der Waals surface area contributed by atoms with E-state index >= 15 is 0 Å². The van der Waals surface area contributed by atoms with E-state index in [1.54, 1.807) is 19.1 Å². The summed E-state index contributed by atoms with van der Waals surface area (Å²) in [6.07, 6.45) is 0. The van der Waals surface area contributed by atoms with Crippen LogP contribution in [0.3, 0.4) is 0 Å². The molecule has 9 heteroatoms. The summed E-state index contributed by atoms with van der Waals surface area (Å²) < 4.78 is 28.7. The second kappa shape index (κ2) is 11.8. The summed E-state index contributed by atoms with van der Waals surface area (Å²) in [5.74, 6) is -0.854. The van der Waals surface area contributed by atoms with E-state index < -0.39 is 28.5 Å². The van der Waals surface area contributed by atoms with Crippen molar-refractivity contribution in [1.82, 2.24) is 10.2 Å². The van der Waals surface area contributed by atoms with Gasteiger partial charge in [-0.25, -0.2) is 8.42 Å². The predicted octanol–water partition coefficient (Wildman–Crippen LogP) is 4.62. The van der Waals surface area contributed by atoms with Gasteiger partial charge in [0.15, 0.2) is 0 Å². The first-order valence-corrected chi connectivity index (χ1v) is 13.7. The number of aryl methyl sites for hydroxylation is 3. The Balaban J connectivity index is 2.06. The van der Waals surface area contributed by atoms with Gasteiger partial charge in [-0.3, -0.25) is 13.9 Å². The number of nitrogens with zero attached hydrogens (tertiary/aromatic N) is 2. The number of benzene rings is 3. The molecule has 3 rings (SSSR count). The van der Waals surface area contributed by atoms with Crippen LogP contribution in [0, 0.1) is 20.8 Å². The van der Waals surface area contributed by atoms with E-state index in [9.17, 15) is 18.0 Å². The molecule has 0 aliphatic carbocycles. The number of anilines is 1. The standard InChI is InChI=1S/C28H32ClN3O4S/c1-19-7-6-8-23(15-19)17-31(22(4)28(34)30-5)27(33)18-32(25-12-9-20(2)21(3)16-25)37(35,36)26-13-10-24(29)11-14-26/h6-16,22H,17-18H2,1-5H3,(H,30,34)/t22-/m1/s1. The van der Waals surface area contributed by atoms with Crippen LogP contribution in [0.5, 0.6) is 0 Å². The number of likely N-dealkylation sites (N-methyl/N-ethyl adjacent to an activating group) is 1. The molecule has 0 unspecified atom stereocenters. The van der Waals surface area contributed by atoms with Gasteiger partial charge < -0.3 is 10.2 Å². The lowest BCUT2D eigenvalue weighted by molar-refractivity contribution is -0.139. The summed E-state index contributed by atoms with van der Waals surface area (Å²) in [6.45, 7) is 7.04. The van der Waals surface area contributed by atoms with Crippen LogP contribution >= 0.6 is 11.6 Å². The summed E-state index contributed by atoms with van der Waals surface area (Å²) in [5.41, 5.74) is 4.08. The van der Waals surface area contributed by atoms with Crippen molar-refractivity contribution >= 4 is 39.1 Å². The molecule has 2 amide bonds. The molecule has 3 aromatic carbocycles. The summed E-state index contributed by atoms with van der Waals surface area (Å²) in [5, 5.41) is 2.98. The quantitative estimate of drug-likeness (QED) is 0.428. The Labute approximate surface area is 224 Å². The molecule has 1 N–H and O–H groups in total. The monoisotopic (exact) mass is 541 g/mol. The molecule has 0 spiro atoms. The van der Waals surface area contributed by atoms with Gasteiger partial charge in [-0.05, 0) is 80.8 Å². The van der Waals surface area contributed by atoms with Gasteiger partial charge in [0.1, 0.15) is 12.6 Å². The van der Waals surface area contributed by atoms with Crippen molar-refractivity contribution in [2.24, 2.45) is 0 Å². The van der Waals surface area contributed by atoms with Crippen LogP contribution < -0.4 is 9.62 Å². The first-order chi connectivity index (χ1) is 17.4. The molecule has 0 saturated carbocycles. The van der Waals surface area contributed by atoms with Crippen molar-refractivity contribution in [2.75, 3.05) is 17.9 Å². The molecular weight excluding hydrogens is 510 g/mol. The summed E-state index contributed by atoms with van der Waals surface area (Å²) in [6, 6.07) is 17.8. The van der Waals surface area contributed by atoms with Crippen molar-refractivity contribution in [3.63, 3.8) is 0 Å². The summed E-state index contributed by atoms with van der Waals surface area (Å²) >= 11 is 5.98. The van der Waals surface area contributed by atoms with Gasteiger partial charge in [-0.15, -0.1) is 0 Å². The van der Waals surface area contributed by atoms with Gasteiger partial charge in [0, 0.05) is 18.6 Å². The lowest BCUT2D eigenvalue weighted by Gasteiger charge is -2.32. The number of sulfonamides is 1. The first-order valence-electron chi connectivity index (χ1n) is 11.9. The lowest BCUT2D eigenvalue weighted by atomic mass is 10.1. The molecule has 196 valence electrons. The van der Waals surface area contributed by atoms with Crippen molar-refractivity contribution in [3.05, 3.63) is 94.0 Å². The van der Waals surface area contributed by atoms with Crippen LogP contribution in [0.4, 0.5) is 5.69 Å². The minimum Gasteiger partial charge on any atom is -0.357 e. The smallest absolute Gasteiger partial charge is 0.264 e. The number of nitrogens with one attached hydrogen (secondary N) is 1. The maximum atomic E-state index is 13.8. The number of amides is 2. The molecule has 0 radical (unpaired) electrons. The Bertz CT molecular complexity index is 1390. The summed E-state index contributed by atoms with van der Waals surface area (Å²) in [7, 11) is -2.63. The Morgan fingerprint density at radius 3 is 2.22 bits per heavy atom. The van der Waals surface area contributed by atoms with Gasteiger partial charge in [0.25, 0.3) is 10.0 Å². The van der Waals surface area contributed by atoms with Crippen molar-refractivity contribution < 1.29 is 18.0 Å². The van der Waals surface area contributed by atoms with Crippen LogP contribution in [0.15, 0.2) is 71.6 Å². The van der Waals surface area contributed by atoms with Crippen LogP contribution in [-0.2, 0) is 26.2 Å². The van der Waals surface area contributed by atoms with E-state index in [2.05, 4.69) is 5.32 Å².